The van der Waals surface area contributed by atoms with E-state index in [-0.39, 0.29) is 16.3 Å². The van der Waals surface area contributed by atoms with Crippen LogP contribution < -0.4 is 0 Å². The van der Waals surface area contributed by atoms with Crippen molar-refractivity contribution in [2.75, 3.05) is 12.8 Å². The normalized spacial score (nSPS) is 21.5. The third kappa shape index (κ3) is 2.76. The Labute approximate surface area is 138 Å². The van der Waals surface area contributed by atoms with E-state index >= 15 is 0 Å². The van der Waals surface area contributed by atoms with Gasteiger partial charge < -0.3 is 9.84 Å². The first-order valence-electron chi connectivity index (χ1n) is 6.63. The van der Waals surface area contributed by atoms with Crippen LogP contribution in [0.1, 0.15) is 19.4 Å². The molecule has 0 fully saturated rings. The van der Waals surface area contributed by atoms with Crippen molar-refractivity contribution in [1.29, 1.82) is 0 Å². The van der Waals surface area contributed by atoms with Gasteiger partial charge in [-0.15, -0.1) is 0 Å². The molecule has 0 saturated heterocycles. The molecule has 1 aliphatic heterocycles. The number of hydrogen-bond donors (Lipinski definition) is 1. The van der Waals surface area contributed by atoms with Gasteiger partial charge in [-0.05, 0) is 26.0 Å². The van der Waals surface area contributed by atoms with Crippen LogP contribution in [0.15, 0.2) is 29.8 Å². The maximum absolute atomic E-state index is 13.3. The highest BCUT2D eigenvalue weighted by Gasteiger charge is 2.50. The number of nitrogens with zero attached hydrogens (tertiary/aromatic N) is 1. The molecule has 0 amide bonds. The van der Waals surface area contributed by atoms with Gasteiger partial charge in [-0.1, -0.05) is 17.7 Å². The van der Waals surface area contributed by atoms with Gasteiger partial charge in [0.15, 0.2) is 5.60 Å². The van der Waals surface area contributed by atoms with Crippen LogP contribution in [0.3, 0.4) is 0 Å². The number of ether oxygens (including phenoxy) is 1. The average molecular weight is 364 g/mol. The Bertz CT molecular complexity index is 807. The van der Waals surface area contributed by atoms with Gasteiger partial charge in [0.05, 0.1) is 10.8 Å². The fraction of sp³-hybridized carbons (Fsp3) is 0.357. The van der Waals surface area contributed by atoms with Gasteiger partial charge in [0.2, 0.25) is 15.8 Å². The van der Waals surface area contributed by atoms with Crippen molar-refractivity contribution in [2.45, 2.75) is 19.4 Å². The van der Waals surface area contributed by atoms with E-state index in [1.807, 2.05) is 0 Å². The summed E-state index contributed by atoms with van der Waals surface area (Å²) in [4.78, 5) is 12.4. The predicted molar refractivity (Wildman–Crippen MR) is 81.7 cm³/mol. The second kappa shape index (κ2) is 5.68. The Morgan fingerprint density at radius 2 is 2.04 bits per heavy atom. The molecule has 0 aromatic heterocycles. The molecule has 1 atom stereocenters. The topological polar surface area (TPSA) is 83.9 Å². The van der Waals surface area contributed by atoms with Gasteiger partial charge in [-0.3, -0.25) is 4.79 Å². The van der Waals surface area contributed by atoms with E-state index in [0.717, 1.165) is 6.07 Å². The lowest BCUT2D eigenvalue weighted by Gasteiger charge is -2.26. The smallest absolute Gasteiger partial charge is 0.251 e. The lowest BCUT2D eigenvalue weighted by molar-refractivity contribution is -0.132. The Morgan fingerprint density at radius 3 is 2.57 bits per heavy atom. The van der Waals surface area contributed by atoms with Gasteiger partial charge in [0.25, 0.3) is 11.7 Å². The standard InChI is InChI=1S/C14H15ClFNO5S/c1-4-23(20,21)17(3)13-11(18)12(19)14(2,22-13)8-5-6-10(16)9(15)7-8/h5-7,18H,4H2,1-3H3. The van der Waals surface area contributed by atoms with E-state index < -0.39 is 38.9 Å². The monoisotopic (exact) mass is 363 g/mol. The van der Waals surface area contributed by atoms with Gasteiger partial charge in [0.1, 0.15) is 5.82 Å². The number of carbonyl (C=O) groups is 1. The molecule has 6 nitrogen and oxygen atoms in total. The second-order valence-corrected chi connectivity index (χ2v) is 7.81. The van der Waals surface area contributed by atoms with E-state index in [4.69, 9.17) is 16.3 Å². The van der Waals surface area contributed by atoms with Gasteiger partial charge in [-0.25, -0.2) is 17.1 Å². The third-order valence-electron chi connectivity index (χ3n) is 3.69. The third-order valence-corrected chi connectivity index (χ3v) is 5.71. The summed E-state index contributed by atoms with van der Waals surface area (Å²) in [6, 6.07) is 3.53. The quantitative estimate of drug-likeness (QED) is 0.887. The maximum Gasteiger partial charge on any atom is 0.251 e. The fourth-order valence-corrected chi connectivity index (χ4v) is 3.07. The van der Waals surface area contributed by atoms with Crippen LogP contribution in [0.2, 0.25) is 5.02 Å². The molecule has 1 heterocycles. The summed E-state index contributed by atoms with van der Waals surface area (Å²) >= 11 is 5.71. The van der Waals surface area contributed by atoms with E-state index in [0.29, 0.717) is 4.31 Å². The summed E-state index contributed by atoms with van der Waals surface area (Å²) in [5.41, 5.74) is -1.51. The summed E-state index contributed by atoms with van der Waals surface area (Å²) in [5.74, 6) is -3.04. The van der Waals surface area contributed by atoms with Gasteiger partial charge in [-0.2, -0.15) is 0 Å². The number of hydrogen-bond acceptors (Lipinski definition) is 5. The van der Waals surface area contributed by atoms with Crippen molar-refractivity contribution in [3.8, 4) is 0 Å². The van der Waals surface area contributed by atoms with Crippen LogP contribution in [0.25, 0.3) is 0 Å². The first-order chi connectivity index (χ1) is 10.5. The molecule has 1 aliphatic rings. The summed E-state index contributed by atoms with van der Waals surface area (Å²) in [6.45, 7) is 2.76. The number of benzene rings is 1. The average Bonchev–Trinajstić information content (AvgIpc) is 2.74. The maximum atomic E-state index is 13.3. The fourth-order valence-electron chi connectivity index (χ4n) is 2.13. The molecule has 1 N–H and O–H groups in total. The van der Waals surface area contributed by atoms with Crippen molar-refractivity contribution >= 4 is 27.4 Å². The minimum Gasteiger partial charge on any atom is -0.501 e. The van der Waals surface area contributed by atoms with Crippen molar-refractivity contribution in [1.82, 2.24) is 4.31 Å². The molecule has 1 aromatic rings. The molecule has 0 aliphatic carbocycles. The van der Waals surface area contributed by atoms with Crippen LogP contribution in [-0.2, 0) is 25.2 Å². The van der Waals surface area contributed by atoms with E-state index in [2.05, 4.69) is 0 Å². The number of ketones is 1. The van der Waals surface area contributed by atoms with Crippen LogP contribution in [0.4, 0.5) is 4.39 Å². The molecular weight excluding hydrogens is 349 g/mol. The molecule has 2 rings (SSSR count). The van der Waals surface area contributed by atoms with Crippen molar-refractivity contribution < 1.29 is 27.4 Å². The van der Waals surface area contributed by atoms with E-state index in [1.165, 1.54) is 33.0 Å². The van der Waals surface area contributed by atoms with E-state index in [1.54, 1.807) is 0 Å². The highest BCUT2D eigenvalue weighted by atomic mass is 35.5. The highest BCUT2D eigenvalue weighted by molar-refractivity contribution is 7.89. The van der Waals surface area contributed by atoms with Crippen molar-refractivity contribution in [2.24, 2.45) is 0 Å². The molecule has 1 unspecified atom stereocenters. The minimum atomic E-state index is -3.73. The number of rotatable bonds is 4. The first kappa shape index (κ1) is 17.6. The number of sulfonamides is 1. The van der Waals surface area contributed by atoms with Crippen LogP contribution in [0, 0.1) is 5.82 Å². The number of aliphatic hydroxyl groups is 1. The largest absolute Gasteiger partial charge is 0.501 e. The lowest BCUT2D eigenvalue weighted by Crippen LogP contribution is -2.33. The van der Waals surface area contributed by atoms with Crippen LogP contribution in [-0.4, -0.2) is 36.4 Å². The molecule has 0 radical (unpaired) electrons. The van der Waals surface area contributed by atoms with Gasteiger partial charge in [0, 0.05) is 12.6 Å². The molecule has 1 aromatic carbocycles. The number of halogens is 2. The Balaban J connectivity index is 2.47. The van der Waals surface area contributed by atoms with Crippen LogP contribution >= 0.6 is 11.6 Å². The molecule has 9 heteroatoms. The molecule has 23 heavy (non-hydrogen) atoms. The predicted octanol–water partition coefficient (Wildman–Crippen LogP) is 2.30. The number of aliphatic hydroxyl groups excluding tert-OH is 1. The molecule has 0 bridgehead atoms. The first-order valence-corrected chi connectivity index (χ1v) is 8.62. The second-order valence-electron chi connectivity index (χ2n) is 5.12. The molecular formula is C14H15ClFNO5S. The Hall–Kier alpha value is -1.80. The SMILES string of the molecule is CCS(=O)(=O)N(C)C1=C(O)C(=O)C(C)(c2ccc(F)c(Cl)c2)O1. The summed E-state index contributed by atoms with van der Waals surface area (Å²) < 4.78 is 43.2. The molecule has 126 valence electrons. The van der Waals surface area contributed by atoms with Crippen LogP contribution in [0.5, 0.6) is 0 Å². The summed E-state index contributed by atoms with van der Waals surface area (Å²) in [5, 5.41) is 9.78. The zero-order valence-corrected chi connectivity index (χ0v) is 14.2. The number of Topliss-reactive ketones (excluding diaryl/α,β-unsaturated/α-hetero) is 1. The molecule has 0 saturated carbocycles. The van der Waals surface area contributed by atoms with Crippen molar-refractivity contribution in [3.05, 3.63) is 46.2 Å². The lowest BCUT2D eigenvalue weighted by atomic mass is 9.91. The van der Waals surface area contributed by atoms with Crippen molar-refractivity contribution in [3.63, 3.8) is 0 Å². The number of carbonyl (C=O) groups excluding carboxylic acids is 1. The minimum absolute atomic E-state index is 0.192. The van der Waals surface area contributed by atoms with E-state index in [9.17, 15) is 22.7 Å². The summed E-state index contributed by atoms with van der Waals surface area (Å²) in [6.07, 6.45) is 0. The molecule has 0 spiro atoms. The zero-order chi connectivity index (χ0) is 17.6. The summed E-state index contributed by atoms with van der Waals surface area (Å²) in [7, 11) is -2.57. The highest BCUT2D eigenvalue weighted by Crippen LogP contribution is 2.40. The Morgan fingerprint density at radius 1 is 1.43 bits per heavy atom. The zero-order valence-electron chi connectivity index (χ0n) is 12.6. The van der Waals surface area contributed by atoms with Gasteiger partial charge >= 0.3 is 0 Å². The Kier molecular flexibility index (Phi) is 4.34.